The number of aromatic nitrogens is 4. The van der Waals surface area contributed by atoms with Crippen LogP contribution in [0.5, 0.6) is 0 Å². The molecule has 0 saturated carbocycles. The van der Waals surface area contributed by atoms with Crippen molar-refractivity contribution in [3.63, 3.8) is 0 Å². The zero-order chi connectivity index (χ0) is 30.5. The standard InChI is InChI=1S/C42H28N4/c1-3-14-29(15-4-1)36-27-37(44-42(43-36)30-16-5-2-6-17-30)31-18-13-19-32(26-31)45-28-41(35-22-9-10-23-38(35)45)46-39-24-11-7-20-33(39)34-21-8-12-25-40(34)46/h1-28H. The highest BCUT2D eigenvalue weighted by atomic mass is 15.1. The monoisotopic (exact) mass is 588 g/mol. The van der Waals surface area contributed by atoms with E-state index >= 15 is 0 Å². The van der Waals surface area contributed by atoms with E-state index in [-0.39, 0.29) is 0 Å². The third-order valence-corrected chi connectivity index (χ3v) is 8.76. The Hall–Kier alpha value is -6.26. The van der Waals surface area contributed by atoms with E-state index in [1.807, 2.05) is 36.4 Å². The summed E-state index contributed by atoms with van der Waals surface area (Å²) in [7, 11) is 0. The second kappa shape index (κ2) is 10.7. The summed E-state index contributed by atoms with van der Waals surface area (Å²) in [5.74, 6) is 0.711. The maximum absolute atomic E-state index is 5.09. The van der Waals surface area contributed by atoms with E-state index in [4.69, 9.17) is 9.97 Å². The lowest BCUT2D eigenvalue weighted by atomic mass is 10.1. The minimum atomic E-state index is 0.711. The largest absolute Gasteiger partial charge is 0.314 e. The average molecular weight is 589 g/mol. The lowest BCUT2D eigenvalue weighted by Crippen LogP contribution is -1.97. The Morgan fingerprint density at radius 2 is 0.913 bits per heavy atom. The Bertz CT molecular complexity index is 2410. The van der Waals surface area contributed by atoms with Gasteiger partial charge in [-0.05, 0) is 36.4 Å². The summed E-state index contributed by atoms with van der Waals surface area (Å²) in [6, 6.07) is 57.3. The Kier molecular flexibility index (Phi) is 6.10. The highest BCUT2D eigenvalue weighted by Crippen LogP contribution is 2.37. The Balaban J connectivity index is 1.23. The first-order valence-electron chi connectivity index (χ1n) is 15.5. The van der Waals surface area contributed by atoms with Crippen molar-refractivity contribution in [2.75, 3.05) is 0 Å². The van der Waals surface area contributed by atoms with Crippen molar-refractivity contribution in [3.8, 4) is 45.3 Å². The van der Waals surface area contributed by atoms with Gasteiger partial charge in [0, 0.05) is 44.7 Å². The maximum atomic E-state index is 5.09. The van der Waals surface area contributed by atoms with Crippen molar-refractivity contribution in [3.05, 3.63) is 170 Å². The first-order valence-corrected chi connectivity index (χ1v) is 15.5. The minimum absolute atomic E-state index is 0.711. The summed E-state index contributed by atoms with van der Waals surface area (Å²) in [6.45, 7) is 0. The molecule has 0 N–H and O–H groups in total. The van der Waals surface area contributed by atoms with Crippen LogP contribution >= 0.6 is 0 Å². The highest BCUT2D eigenvalue weighted by molar-refractivity contribution is 6.10. The molecule has 0 fully saturated rings. The average Bonchev–Trinajstić information content (AvgIpc) is 3.68. The molecule has 216 valence electrons. The molecule has 0 amide bonds. The summed E-state index contributed by atoms with van der Waals surface area (Å²) in [6.07, 6.45) is 2.27. The highest BCUT2D eigenvalue weighted by Gasteiger charge is 2.18. The van der Waals surface area contributed by atoms with Gasteiger partial charge in [-0.2, -0.15) is 0 Å². The molecular formula is C42H28N4. The molecule has 0 aliphatic carbocycles. The molecule has 46 heavy (non-hydrogen) atoms. The van der Waals surface area contributed by atoms with Crippen LogP contribution in [0.2, 0.25) is 0 Å². The van der Waals surface area contributed by atoms with Crippen LogP contribution in [-0.4, -0.2) is 19.1 Å². The molecule has 0 aliphatic rings. The minimum Gasteiger partial charge on any atom is -0.314 e. The molecule has 9 aromatic rings. The molecule has 4 heteroatoms. The summed E-state index contributed by atoms with van der Waals surface area (Å²) in [5.41, 5.74) is 10.6. The molecule has 0 unspecified atom stereocenters. The van der Waals surface area contributed by atoms with E-state index < -0.39 is 0 Å². The maximum Gasteiger partial charge on any atom is 0.160 e. The number of nitrogens with zero attached hydrogens (tertiary/aromatic N) is 4. The van der Waals surface area contributed by atoms with Crippen molar-refractivity contribution >= 4 is 32.7 Å². The van der Waals surface area contributed by atoms with Gasteiger partial charge in [0.15, 0.2) is 5.82 Å². The first kappa shape index (κ1) is 26.2. The normalized spacial score (nSPS) is 11.5. The van der Waals surface area contributed by atoms with Crippen molar-refractivity contribution in [2.45, 2.75) is 0 Å². The van der Waals surface area contributed by atoms with Crippen molar-refractivity contribution in [1.29, 1.82) is 0 Å². The fourth-order valence-electron chi connectivity index (χ4n) is 6.62. The van der Waals surface area contributed by atoms with Gasteiger partial charge in [-0.3, -0.25) is 0 Å². The molecule has 0 atom stereocenters. The van der Waals surface area contributed by atoms with Crippen molar-refractivity contribution in [1.82, 2.24) is 19.1 Å². The molecule has 0 saturated heterocycles. The van der Waals surface area contributed by atoms with E-state index in [1.165, 1.54) is 27.2 Å². The fraction of sp³-hybridized carbons (Fsp3) is 0. The van der Waals surface area contributed by atoms with Crippen molar-refractivity contribution < 1.29 is 0 Å². The molecule has 6 aromatic carbocycles. The molecular weight excluding hydrogens is 560 g/mol. The quantitative estimate of drug-likeness (QED) is 0.200. The zero-order valence-corrected chi connectivity index (χ0v) is 25.0. The molecule has 4 nitrogen and oxygen atoms in total. The first-order chi connectivity index (χ1) is 22.8. The van der Waals surface area contributed by atoms with Gasteiger partial charge in [0.2, 0.25) is 0 Å². The van der Waals surface area contributed by atoms with Crippen LogP contribution in [0.25, 0.3) is 78.0 Å². The number of rotatable bonds is 5. The van der Waals surface area contributed by atoms with Crippen LogP contribution in [0, 0.1) is 0 Å². The van der Waals surface area contributed by atoms with E-state index in [1.54, 1.807) is 0 Å². The zero-order valence-electron chi connectivity index (χ0n) is 25.0. The number of hydrogen-bond donors (Lipinski definition) is 0. The predicted octanol–water partition coefficient (Wildman–Crippen LogP) is 10.5. The summed E-state index contributed by atoms with van der Waals surface area (Å²) in [4.78, 5) is 10.1. The topological polar surface area (TPSA) is 35.6 Å². The molecule has 3 heterocycles. The van der Waals surface area contributed by atoms with Gasteiger partial charge in [0.25, 0.3) is 0 Å². The van der Waals surface area contributed by atoms with Gasteiger partial charge in [-0.1, -0.05) is 127 Å². The Morgan fingerprint density at radius 1 is 0.391 bits per heavy atom. The molecule has 0 bridgehead atoms. The van der Waals surface area contributed by atoms with E-state index in [0.29, 0.717) is 5.82 Å². The van der Waals surface area contributed by atoms with Gasteiger partial charge in [-0.15, -0.1) is 0 Å². The van der Waals surface area contributed by atoms with Gasteiger partial charge in [0.05, 0.1) is 33.6 Å². The van der Waals surface area contributed by atoms with Crippen LogP contribution in [0.15, 0.2) is 170 Å². The SMILES string of the molecule is c1ccc(-c2cc(-c3cccc(-n4cc(-n5c6ccccc6c6ccccc65)c5ccccc54)c3)nc(-c3ccccc3)n2)cc1. The summed E-state index contributed by atoms with van der Waals surface area (Å²) < 4.78 is 4.70. The molecule has 3 aromatic heterocycles. The molecule has 0 spiro atoms. The van der Waals surface area contributed by atoms with E-state index in [9.17, 15) is 0 Å². The molecule has 0 aliphatic heterocycles. The van der Waals surface area contributed by atoms with Gasteiger partial charge in [0.1, 0.15) is 0 Å². The Morgan fingerprint density at radius 3 is 1.59 bits per heavy atom. The van der Waals surface area contributed by atoms with Gasteiger partial charge >= 0.3 is 0 Å². The van der Waals surface area contributed by atoms with Crippen LogP contribution in [0.3, 0.4) is 0 Å². The number of para-hydroxylation sites is 3. The Labute approximate surface area is 266 Å². The van der Waals surface area contributed by atoms with Gasteiger partial charge < -0.3 is 9.13 Å². The van der Waals surface area contributed by atoms with Crippen LogP contribution in [0.1, 0.15) is 0 Å². The third-order valence-electron chi connectivity index (χ3n) is 8.76. The fourth-order valence-corrected chi connectivity index (χ4v) is 6.62. The smallest absolute Gasteiger partial charge is 0.160 e. The lowest BCUT2D eigenvalue weighted by molar-refractivity contribution is 1.10. The summed E-state index contributed by atoms with van der Waals surface area (Å²) in [5, 5.41) is 3.70. The van der Waals surface area contributed by atoms with Crippen LogP contribution in [0.4, 0.5) is 0 Å². The number of benzene rings is 6. The summed E-state index contributed by atoms with van der Waals surface area (Å²) >= 11 is 0. The number of fused-ring (bicyclic) bond motifs is 4. The predicted molar refractivity (Wildman–Crippen MR) is 190 cm³/mol. The van der Waals surface area contributed by atoms with Gasteiger partial charge in [-0.25, -0.2) is 9.97 Å². The van der Waals surface area contributed by atoms with Crippen LogP contribution in [-0.2, 0) is 0 Å². The van der Waals surface area contributed by atoms with E-state index in [0.717, 1.165) is 45.0 Å². The second-order valence-corrected chi connectivity index (χ2v) is 11.5. The third kappa shape index (κ3) is 4.31. The molecule has 9 rings (SSSR count). The van der Waals surface area contributed by atoms with E-state index in [2.05, 4.69) is 143 Å². The molecule has 0 radical (unpaired) electrons. The van der Waals surface area contributed by atoms with Crippen LogP contribution < -0.4 is 0 Å². The second-order valence-electron chi connectivity index (χ2n) is 11.5. The number of hydrogen-bond acceptors (Lipinski definition) is 2. The van der Waals surface area contributed by atoms with Crippen molar-refractivity contribution in [2.24, 2.45) is 0 Å². The lowest BCUT2D eigenvalue weighted by Gasteiger charge is -2.11.